The average Bonchev–Trinajstić information content (AvgIpc) is 2.64. The molecule has 2 unspecified atom stereocenters. The van der Waals surface area contributed by atoms with Crippen molar-refractivity contribution >= 4 is 0 Å². The minimum absolute atomic E-state index is 0.758. The van der Waals surface area contributed by atoms with Crippen molar-refractivity contribution in [1.82, 2.24) is 15.3 Å². The molecule has 1 aromatic rings. The van der Waals surface area contributed by atoms with Gasteiger partial charge in [0.15, 0.2) is 0 Å². The molecular formula is C10H15N3. The van der Waals surface area contributed by atoms with E-state index in [1.165, 1.54) is 19.3 Å². The molecule has 2 fully saturated rings. The summed E-state index contributed by atoms with van der Waals surface area (Å²) in [6.45, 7) is 0.900. The number of aromatic nitrogens is 2. The van der Waals surface area contributed by atoms with Crippen LogP contribution in [0.4, 0.5) is 0 Å². The van der Waals surface area contributed by atoms with Crippen LogP contribution in [0.15, 0.2) is 12.4 Å². The fourth-order valence-electron chi connectivity index (χ4n) is 2.52. The number of nitrogens with one attached hydrogen (secondary N) is 2. The molecule has 0 bridgehead atoms. The van der Waals surface area contributed by atoms with E-state index < -0.39 is 0 Å². The zero-order valence-electron chi connectivity index (χ0n) is 7.66. The lowest BCUT2D eigenvalue weighted by atomic mass is 10.1. The summed E-state index contributed by atoms with van der Waals surface area (Å²) < 4.78 is 0. The topological polar surface area (TPSA) is 40.7 Å². The maximum absolute atomic E-state index is 4.19. The summed E-state index contributed by atoms with van der Waals surface area (Å²) in [6, 6.07) is 0.758. The first kappa shape index (κ1) is 7.56. The van der Waals surface area contributed by atoms with Crippen LogP contribution in [-0.2, 0) is 6.54 Å². The van der Waals surface area contributed by atoms with E-state index in [1.807, 2.05) is 12.4 Å². The maximum Gasteiger partial charge on any atom is 0.120 e. The Morgan fingerprint density at radius 3 is 2.92 bits per heavy atom. The van der Waals surface area contributed by atoms with E-state index in [0.717, 1.165) is 30.2 Å². The standard InChI is InChI=1S/C10H15N3/c1-2-12-10(11-1)6-13-9-4-7-3-8(7)5-9/h1-2,7-9,13H,3-6H2,(H,11,12). The fourth-order valence-corrected chi connectivity index (χ4v) is 2.52. The highest BCUT2D eigenvalue weighted by Crippen LogP contribution is 2.51. The van der Waals surface area contributed by atoms with Crippen LogP contribution in [0.25, 0.3) is 0 Å². The highest BCUT2D eigenvalue weighted by Gasteiger charge is 2.45. The lowest BCUT2D eigenvalue weighted by Gasteiger charge is -2.12. The molecule has 0 aromatic carbocycles. The van der Waals surface area contributed by atoms with Crippen LogP contribution in [0, 0.1) is 11.8 Å². The zero-order valence-corrected chi connectivity index (χ0v) is 7.66. The van der Waals surface area contributed by atoms with Crippen molar-refractivity contribution in [3.63, 3.8) is 0 Å². The van der Waals surface area contributed by atoms with Gasteiger partial charge in [0, 0.05) is 18.4 Å². The second-order valence-electron chi connectivity index (χ2n) is 4.34. The molecule has 13 heavy (non-hydrogen) atoms. The van der Waals surface area contributed by atoms with Crippen molar-refractivity contribution in [2.24, 2.45) is 11.8 Å². The quantitative estimate of drug-likeness (QED) is 0.730. The Morgan fingerprint density at radius 2 is 2.23 bits per heavy atom. The molecule has 2 aliphatic rings. The minimum Gasteiger partial charge on any atom is -0.348 e. The summed E-state index contributed by atoms with van der Waals surface area (Å²) in [5.74, 6) is 3.18. The summed E-state index contributed by atoms with van der Waals surface area (Å²) in [5, 5.41) is 3.55. The van der Waals surface area contributed by atoms with Crippen molar-refractivity contribution in [3.05, 3.63) is 18.2 Å². The first-order valence-electron chi connectivity index (χ1n) is 5.13. The molecule has 1 aromatic heterocycles. The molecule has 2 N–H and O–H groups in total. The zero-order chi connectivity index (χ0) is 8.67. The Balaban J connectivity index is 1.48. The molecule has 3 rings (SSSR count). The molecule has 3 heteroatoms. The Hall–Kier alpha value is -0.830. The molecule has 0 aliphatic heterocycles. The van der Waals surface area contributed by atoms with Crippen LogP contribution in [-0.4, -0.2) is 16.0 Å². The van der Waals surface area contributed by atoms with Gasteiger partial charge in [0.05, 0.1) is 6.54 Å². The largest absolute Gasteiger partial charge is 0.348 e. The second-order valence-corrected chi connectivity index (χ2v) is 4.34. The average molecular weight is 177 g/mol. The summed E-state index contributed by atoms with van der Waals surface area (Å²) in [4.78, 5) is 7.30. The Labute approximate surface area is 78.0 Å². The van der Waals surface area contributed by atoms with E-state index in [1.54, 1.807) is 0 Å². The van der Waals surface area contributed by atoms with Crippen LogP contribution in [0.3, 0.4) is 0 Å². The van der Waals surface area contributed by atoms with Crippen molar-refractivity contribution in [1.29, 1.82) is 0 Å². The minimum atomic E-state index is 0.758. The smallest absolute Gasteiger partial charge is 0.120 e. The predicted octanol–water partition coefficient (Wildman–Crippen LogP) is 1.30. The number of fused-ring (bicyclic) bond motifs is 1. The molecule has 2 atom stereocenters. The molecule has 1 heterocycles. The molecule has 0 amide bonds. The maximum atomic E-state index is 4.19. The van der Waals surface area contributed by atoms with E-state index >= 15 is 0 Å². The normalized spacial score (nSPS) is 36.2. The Bertz CT molecular complexity index is 270. The van der Waals surface area contributed by atoms with Crippen molar-refractivity contribution in [2.75, 3.05) is 0 Å². The Kier molecular flexibility index (Phi) is 1.65. The van der Waals surface area contributed by atoms with E-state index in [-0.39, 0.29) is 0 Å². The summed E-state index contributed by atoms with van der Waals surface area (Å²) in [6.07, 6.45) is 7.97. The van der Waals surface area contributed by atoms with Gasteiger partial charge in [-0.25, -0.2) is 4.98 Å². The molecule has 0 radical (unpaired) electrons. The van der Waals surface area contributed by atoms with Crippen molar-refractivity contribution in [3.8, 4) is 0 Å². The third-order valence-corrected chi connectivity index (χ3v) is 3.36. The van der Waals surface area contributed by atoms with Gasteiger partial charge < -0.3 is 10.3 Å². The van der Waals surface area contributed by atoms with E-state index in [9.17, 15) is 0 Å². The van der Waals surface area contributed by atoms with Crippen LogP contribution >= 0.6 is 0 Å². The van der Waals surface area contributed by atoms with Gasteiger partial charge >= 0.3 is 0 Å². The summed E-state index contributed by atoms with van der Waals surface area (Å²) >= 11 is 0. The van der Waals surface area contributed by atoms with Gasteiger partial charge in [0.1, 0.15) is 5.82 Å². The summed E-state index contributed by atoms with van der Waals surface area (Å²) in [7, 11) is 0. The lowest BCUT2D eigenvalue weighted by Crippen LogP contribution is -2.27. The van der Waals surface area contributed by atoms with Crippen molar-refractivity contribution < 1.29 is 0 Å². The molecule has 0 saturated heterocycles. The number of hydrogen-bond donors (Lipinski definition) is 2. The van der Waals surface area contributed by atoms with E-state index in [4.69, 9.17) is 0 Å². The fraction of sp³-hybridized carbons (Fsp3) is 0.700. The molecule has 3 nitrogen and oxygen atoms in total. The number of H-pyrrole nitrogens is 1. The van der Waals surface area contributed by atoms with Crippen LogP contribution in [0.1, 0.15) is 25.1 Å². The van der Waals surface area contributed by atoms with Crippen LogP contribution < -0.4 is 5.32 Å². The first-order valence-corrected chi connectivity index (χ1v) is 5.13. The Morgan fingerprint density at radius 1 is 1.38 bits per heavy atom. The van der Waals surface area contributed by atoms with Gasteiger partial charge in [-0.2, -0.15) is 0 Å². The second kappa shape index (κ2) is 2.84. The highest BCUT2D eigenvalue weighted by atomic mass is 15.0. The number of rotatable bonds is 3. The van der Waals surface area contributed by atoms with E-state index in [0.29, 0.717) is 0 Å². The van der Waals surface area contributed by atoms with Gasteiger partial charge in [-0.3, -0.25) is 0 Å². The monoisotopic (exact) mass is 177 g/mol. The number of hydrogen-bond acceptors (Lipinski definition) is 2. The molecule has 2 saturated carbocycles. The number of nitrogens with zero attached hydrogens (tertiary/aromatic N) is 1. The molecule has 2 aliphatic carbocycles. The van der Waals surface area contributed by atoms with Gasteiger partial charge in [0.25, 0.3) is 0 Å². The number of imidazole rings is 1. The van der Waals surface area contributed by atoms with Crippen molar-refractivity contribution in [2.45, 2.75) is 31.8 Å². The van der Waals surface area contributed by atoms with Gasteiger partial charge in [-0.15, -0.1) is 0 Å². The van der Waals surface area contributed by atoms with Gasteiger partial charge in [0.2, 0.25) is 0 Å². The predicted molar refractivity (Wildman–Crippen MR) is 50.0 cm³/mol. The van der Waals surface area contributed by atoms with Crippen LogP contribution in [0.5, 0.6) is 0 Å². The third-order valence-electron chi connectivity index (χ3n) is 3.36. The molecule has 0 spiro atoms. The lowest BCUT2D eigenvalue weighted by molar-refractivity contribution is 0.474. The molecular weight excluding hydrogens is 162 g/mol. The van der Waals surface area contributed by atoms with Gasteiger partial charge in [-0.05, 0) is 31.1 Å². The first-order chi connectivity index (χ1) is 6.42. The highest BCUT2D eigenvalue weighted by molar-refractivity contribution is 4.99. The van der Waals surface area contributed by atoms with Crippen LogP contribution in [0.2, 0.25) is 0 Å². The SMILES string of the molecule is c1c[nH]c(CNC2CC3CC3C2)n1. The summed E-state index contributed by atoms with van der Waals surface area (Å²) in [5.41, 5.74) is 0. The number of aromatic amines is 1. The van der Waals surface area contributed by atoms with Gasteiger partial charge in [-0.1, -0.05) is 0 Å². The third kappa shape index (κ3) is 1.48. The molecule has 70 valence electrons. The van der Waals surface area contributed by atoms with E-state index in [2.05, 4.69) is 15.3 Å².